The lowest BCUT2D eigenvalue weighted by Gasteiger charge is -2.40. The molecule has 8 nitrogen and oxygen atoms in total. The zero-order valence-electron chi connectivity index (χ0n) is 35.8. The summed E-state index contributed by atoms with van der Waals surface area (Å²) in [7, 11) is 0. The summed E-state index contributed by atoms with van der Waals surface area (Å²) >= 11 is 14.0. The second-order valence-electron chi connectivity index (χ2n) is 17.3. The molecule has 1 amide bonds. The summed E-state index contributed by atoms with van der Waals surface area (Å²) in [5.41, 5.74) is 13.2. The van der Waals surface area contributed by atoms with E-state index in [-0.39, 0.29) is 17.4 Å². The molecule has 0 spiro atoms. The Morgan fingerprint density at radius 3 is 2.20 bits per heavy atom. The van der Waals surface area contributed by atoms with Gasteiger partial charge in [0.15, 0.2) is 0 Å². The number of aliphatic imine (C=N–C) groups is 1. The molecule has 8 aromatic rings. The molecule has 314 valence electrons. The third kappa shape index (κ3) is 7.22. The Bertz CT molecular complexity index is 3460. The number of benzene rings is 4. The molecule has 64 heavy (non-hydrogen) atoms. The van der Waals surface area contributed by atoms with Crippen molar-refractivity contribution in [3.8, 4) is 33.5 Å². The Hall–Kier alpha value is -7.00. The molecule has 1 unspecified atom stereocenters. The average molecular weight is 878 g/mol. The fourth-order valence-electron chi connectivity index (χ4n) is 9.22. The van der Waals surface area contributed by atoms with Crippen LogP contribution in [0.4, 0.5) is 0 Å². The molecule has 4 aromatic carbocycles. The minimum absolute atomic E-state index is 0.0810. The first-order valence-electron chi connectivity index (χ1n) is 21.2. The van der Waals surface area contributed by atoms with Crippen LogP contribution in [0.15, 0.2) is 155 Å². The zero-order chi connectivity index (χ0) is 44.4. The Morgan fingerprint density at radius 1 is 0.750 bits per heavy atom. The molecule has 6 heterocycles. The van der Waals surface area contributed by atoms with E-state index in [1.807, 2.05) is 80.7 Å². The van der Waals surface area contributed by atoms with Crippen LogP contribution in [0.2, 0.25) is 10.0 Å². The number of carbonyl (C=O) groups excluding carboxylic acids is 1. The fourth-order valence-corrected chi connectivity index (χ4v) is 9.77. The van der Waals surface area contributed by atoms with E-state index < -0.39 is 5.41 Å². The molecular weight excluding hydrogens is 836 g/mol. The van der Waals surface area contributed by atoms with E-state index in [2.05, 4.69) is 84.6 Å². The van der Waals surface area contributed by atoms with Crippen LogP contribution in [0, 0.1) is 5.41 Å². The van der Waals surface area contributed by atoms with Gasteiger partial charge in [-0.05, 0) is 109 Å². The number of aromatic amines is 1. The number of amidine groups is 1. The van der Waals surface area contributed by atoms with Gasteiger partial charge in [0, 0.05) is 62.9 Å². The van der Waals surface area contributed by atoms with Crippen LogP contribution >= 0.6 is 23.2 Å². The molecule has 2 aliphatic heterocycles. The van der Waals surface area contributed by atoms with Crippen molar-refractivity contribution >= 4 is 79.1 Å². The third-order valence-corrected chi connectivity index (χ3v) is 12.8. The molecule has 2 N–H and O–H groups in total. The number of pyridine rings is 4. The van der Waals surface area contributed by atoms with Gasteiger partial charge in [-0.3, -0.25) is 19.6 Å². The Kier molecular flexibility index (Phi) is 10.2. The quantitative estimate of drug-likeness (QED) is 0.166. The molecule has 0 saturated heterocycles. The van der Waals surface area contributed by atoms with Crippen molar-refractivity contribution in [1.29, 1.82) is 0 Å². The fraction of sp³-hybridized carbons (Fsp3) is 0.148. The van der Waals surface area contributed by atoms with Crippen molar-refractivity contribution in [2.24, 2.45) is 10.4 Å². The minimum Gasteiger partial charge on any atom is -0.310 e. The summed E-state index contributed by atoms with van der Waals surface area (Å²) in [6, 6.07) is 35.9. The van der Waals surface area contributed by atoms with Crippen LogP contribution < -0.4 is 10.9 Å². The van der Waals surface area contributed by atoms with Gasteiger partial charge >= 0.3 is 0 Å². The maximum absolute atomic E-state index is 12.9. The van der Waals surface area contributed by atoms with Gasteiger partial charge in [-0.25, -0.2) is 9.98 Å². The first kappa shape index (κ1) is 41.0. The summed E-state index contributed by atoms with van der Waals surface area (Å²) in [6.45, 7) is 10.5. The SMILES string of the molecule is CC(C)=CC1=CC(=O)NC2=NC(c3ccccc3)=C(c3cc(Cl)c4ncc(-c5ccc(-c6nc7[nH]c(=O)ccc7c(C(C)C)c6-c6cc(Cl)c7ncccc7c6)cc5)cc4c3)CC12C. The van der Waals surface area contributed by atoms with Crippen molar-refractivity contribution in [2.75, 3.05) is 0 Å². The number of aromatic nitrogens is 4. The number of carbonyl (C=O) groups is 1. The van der Waals surface area contributed by atoms with Gasteiger partial charge in [-0.2, -0.15) is 0 Å². The van der Waals surface area contributed by atoms with Crippen molar-refractivity contribution < 1.29 is 4.79 Å². The Morgan fingerprint density at radius 2 is 1.45 bits per heavy atom. The van der Waals surface area contributed by atoms with Gasteiger partial charge < -0.3 is 10.3 Å². The van der Waals surface area contributed by atoms with Crippen LogP contribution in [0.5, 0.6) is 0 Å². The molecule has 10 heteroatoms. The normalized spacial score (nSPS) is 16.2. The van der Waals surface area contributed by atoms with Crippen molar-refractivity contribution in [3.05, 3.63) is 182 Å². The highest BCUT2D eigenvalue weighted by molar-refractivity contribution is 6.36. The smallest absolute Gasteiger partial charge is 0.249 e. The Balaban J connectivity index is 1.09. The van der Waals surface area contributed by atoms with E-state index in [1.165, 1.54) is 0 Å². The van der Waals surface area contributed by atoms with E-state index in [4.69, 9.17) is 38.2 Å². The highest BCUT2D eigenvalue weighted by Crippen LogP contribution is 2.49. The second kappa shape index (κ2) is 16.0. The lowest BCUT2D eigenvalue weighted by Crippen LogP contribution is -2.48. The number of nitrogens with one attached hydrogen (secondary N) is 2. The monoisotopic (exact) mass is 876 g/mol. The summed E-state index contributed by atoms with van der Waals surface area (Å²) in [5.74, 6) is 0.531. The van der Waals surface area contributed by atoms with Gasteiger partial charge in [-0.1, -0.05) is 109 Å². The van der Waals surface area contributed by atoms with Crippen molar-refractivity contribution in [3.63, 3.8) is 0 Å². The lowest BCUT2D eigenvalue weighted by atomic mass is 9.70. The number of amides is 1. The average Bonchev–Trinajstić information content (AvgIpc) is 3.28. The predicted molar refractivity (Wildman–Crippen MR) is 262 cm³/mol. The minimum atomic E-state index is -0.579. The number of hydrogen-bond donors (Lipinski definition) is 2. The number of hydrogen-bond acceptors (Lipinski definition) is 6. The maximum Gasteiger partial charge on any atom is 0.249 e. The molecule has 0 bridgehead atoms. The molecular formula is C54H42Cl2N6O2. The van der Waals surface area contributed by atoms with Gasteiger partial charge in [0.1, 0.15) is 11.5 Å². The topological polar surface area (TPSA) is 113 Å². The zero-order valence-corrected chi connectivity index (χ0v) is 37.4. The number of allylic oxidation sites excluding steroid dienone is 3. The molecule has 10 rings (SSSR count). The van der Waals surface area contributed by atoms with Gasteiger partial charge in [-0.15, -0.1) is 0 Å². The molecule has 1 atom stereocenters. The molecule has 4 aromatic heterocycles. The molecule has 0 radical (unpaired) electrons. The van der Waals surface area contributed by atoms with Crippen LogP contribution in [0.3, 0.4) is 0 Å². The molecule has 2 aliphatic rings. The largest absolute Gasteiger partial charge is 0.310 e. The van der Waals surface area contributed by atoms with Gasteiger partial charge in [0.2, 0.25) is 11.5 Å². The molecule has 0 fully saturated rings. The predicted octanol–water partition coefficient (Wildman–Crippen LogP) is 13.1. The van der Waals surface area contributed by atoms with Crippen LogP contribution in [-0.2, 0) is 4.79 Å². The van der Waals surface area contributed by atoms with Gasteiger partial charge in [0.25, 0.3) is 0 Å². The van der Waals surface area contributed by atoms with Crippen LogP contribution in [0.1, 0.15) is 63.6 Å². The van der Waals surface area contributed by atoms with Gasteiger partial charge in [0.05, 0.1) is 37.9 Å². The number of nitrogens with zero attached hydrogens (tertiary/aromatic N) is 4. The second-order valence-corrected chi connectivity index (χ2v) is 18.1. The van der Waals surface area contributed by atoms with Crippen molar-refractivity contribution in [1.82, 2.24) is 25.3 Å². The Labute approximate surface area is 380 Å². The highest BCUT2D eigenvalue weighted by Gasteiger charge is 2.43. The van der Waals surface area contributed by atoms with E-state index in [9.17, 15) is 9.59 Å². The third-order valence-electron chi connectivity index (χ3n) is 12.2. The summed E-state index contributed by atoms with van der Waals surface area (Å²) in [5, 5.41) is 6.83. The van der Waals surface area contributed by atoms with E-state index >= 15 is 0 Å². The molecule has 0 saturated carbocycles. The summed E-state index contributed by atoms with van der Waals surface area (Å²) in [6.07, 6.45) is 7.94. The number of halogens is 2. The van der Waals surface area contributed by atoms with E-state index in [1.54, 1.807) is 18.3 Å². The summed E-state index contributed by atoms with van der Waals surface area (Å²) < 4.78 is 0. The lowest BCUT2D eigenvalue weighted by molar-refractivity contribution is -0.115. The number of H-pyrrole nitrogens is 1. The summed E-state index contributed by atoms with van der Waals surface area (Å²) in [4.78, 5) is 48.3. The molecule has 0 aliphatic carbocycles. The van der Waals surface area contributed by atoms with E-state index in [0.29, 0.717) is 33.5 Å². The van der Waals surface area contributed by atoms with Crippen molar-refractivity contribution in [2.45, 2.75) is 47.0 Å². The number of fused-ring (bicyclic) bond motifs is 4. The van der Waals surface area contributed by atoms with E-state index in [0.717, 1.165) is 94.3 Å². The van der Waals surface area contributed by atoms with Crippen LogP contribution in [-0.4, -0.2) is 31.7 Å². The highest BCUT2D eigenvalue weighted by atomic mass is 35.5. The first-order chi connectivity index (χ1) is 30.8. The van der Waals surface area contributed by atoms with Crippen LogP contribution in [0.25, 0.3) is 77.6 Å². The maximum atomic E-state index is 12.9. The first-order valence-corrected chi connectivity index (χ1v) is 22.0. The standard InChI is InChI=1S/C54H42Cl2N6O2/c1-29(2)20-39-26-45(64)60-53-54(39,5)27-41(48(62-53)32-10-7-6-8-11-32)35-22-37-23-38(28-58-50(37)42(55)24-35)31-13-15-33(16-14-31)51-47(36-21-34-12-9-19-57-49(34)43(56)25-36)46(30(3)4)40-17-18-44(63)59-52(40)61-51/h6-26,28,30H,27H2,1-5H3,(H,59,61,63)(H,60,62,64). The number of rotatable bonds is 7.